The van der Waals surface area contributed by atoms with Crippen LogP contribution < -0.4 is 10.1 Å². The minimum absolute atomic E-state index is 0.0629. The van der Waals surface area contributed by atoms with Crippen LogP contribution in [0, 0.1) is 5.92 Å². The Morgan fingerprint density at radius 2 is 1.75 bits per heavy atom. The molecule has 1 N–H and O–H groups in total. The molecule has 2 aromatic carbocycles. The lowest BCUT2D eigenvalue weighted by Crippen LogP contribution is -2.40. The van der Waals surface area contributed by atoms with E-state index in [9.17, 15) is 4.79 Å². The number of ether oxygens (including phenoxy) is 1. The Morgan fingerprint density at radius 3 is 2.39 bits per heavy atom. The standard InChI is InChI=1S/C21H22BrN3O3/c1-13(2)18(21-24-19(25-28-21)15-7-5-4-6-8-15)23-20(26)14(3)27-17-11-9-16(22)10-12-17/h4-14,18H,1-3H3,(H,23,26)/t14-,18+/m1/s1. The largest absolute Gasteiger partial charge is 0.481 e. The molecule has 146 valence electrons. The van der Waals surface area contributed by atoms with Gasteiger partial charge < -0.3 is 14.6 Å². The molecule has 0 aliphatic rings. The highest BCUT2D eigenvalue weighted by Crippen LogP contribution is 2.24. The predicted octanol–water partition coefficient (Wildman–Crippen LogP) is 4.78. The fourth-order valence-corrected chi connectivity index (χ4v) is 2.89. The highest BCUT2D eigenvalue weighted by molar-refractivity contribution is 9.10. The van der Waals surface area contributed by atoms with E-state index in [0.29, 0.717) is 17.5 Å². The van der Waals surface area contributed by atoms with E-state index >= 15 is 0 Å². The molecule has 0 radical (unpaired) electrons. The first-order chi connectivity index (χ1) is 13.4. The number of rotatable bonds is 7. The zero-order valence-corrected chi connectivity index (χ0v) is 17.5. The molecule has 1 aromatic heterocycles. The van der Waals surface area contributed by atoms with Gasteiger partial charge in [0.05, 0.1) is 0 Å². The normalized spacial score (nSPS) is 13.2. The van der Waals surface area contributed by atoms with Gasteiger partial charge >= 0.3 is 0 Å². The summed E-state index contributed by atoms with van der Waals surface area (Å²) in [7, 11) is 0. The number of aromatic nitrogens is 2. The molecule has 1 heterocycles. The molecule has 0 aliphatic heterocycles. The third-order valence-corrected chi connectivity index (χ3v) is 4.73. The van der Waals surface area contributed by atoms with Crippen LogP contribution in [0.1, 0.15) is 32.7 Å². The molecule has 7 heteroatoms. The smallest absolute Gasteiger partial charge is 0.261 e. The zero-order chi connectivity index (χ0) is 20.1. The van der Waals surface area contributed by atoms with Crippen molar-refractivity contribution < 1.29 is 14.1 Å². The third kappa shape index (κ3) is 4.98. The minimum atomic E-state index is -0.668. The maximum atomic E-state index is 12.6. The van der Waals surface area contributed by atoms with Crippen molar-refractivity contribution in [3.63, 3.8) is 0 Å². The van der Waals surface area contributed by atoms with Crippen LogP contribution in [0.3, 0.4) is 0 Å². The fourth-order valence-electron chi connectivity index (χ4n) is 2.62. The summed E-state index contributed by atoms with van der Waals surface area (Å²) in [5, 5.41) is 7.00. The van der Waals surface area contributed by atoms with E-state index in [2.05, 4.69) is 31.4 Å². The summed E-state index contributed by atoms with van der Waals surface area (Å²) in [6.45, 7) is 5.67. The molecule has 0 saturated heterocycles. The summed E-state index contributed by atoms with van der Waals surface area (Å²) >= 11 is 3.38. The van der Waals surface area contributed by atoms with E-state index in [4.69, 9.17) is 9.26 Å². The van der Waals surface area contributed by atoms with Crippen molar-refractivity contribution in [3.8, 4) is 17.1 Å². The van der Waals surface area contributed by atoms with Gasteiger partial charge in [0.2, 0.25) is 11.7 Å². The van der Waals surface area contributed by atoms with Gasteiger partial charge in [0.15, 0.2) is 6.10 Å². The van der Waals surface area contributed by atoms with E-state index in [1.807, 2.05) is 56.3 Å². The number of benzene rings is 2. The Bertz CT molecular complexity index is 910. The van der Waals surface area contributed by atoms with E-state index in [1.54, 1.807) is 19.1 Å². The van der Waals surface area contributed by atoms with Crippen molar-refractivity contribution in [1.29, 1.82) is 0 Å². The van der Waals surface area contributed by atoms with Crippen LogP contribution >= 0.6 is 15.9 Å². The highest BCUT2D eigenvalue weighted by Gasteiger charge is 2.27. The summed E-state index contributed by atoms with van der Waals surface area (Å²) in [6, 6.07) is 16.5. The average Bonchev–Trinajstić information content (AvgIpc) is 3.18. The molecule has 3 aromatic rings. The maximum absolute atomic E-state index is 12.6. The second kappa shape index (κ2) is 9.01. The second-order valence-corrected chi connectivity index (χ2v) is 7.68. The van der Waals surface area contributed by atoms with E-state index in [-0.39, 0.29) is 11.8 Å². The monoisotopic (exact) mass is 443 g/mol. The van der Waals surface area contributed by atoms with Crippen LogP contribution in [-0.4, -0.2) is 22.2 Å². The number of hydrogen-bond acceptors (Lipinski definition) is 5. The van der Waals surface area contributed by atoms with Gasteiger partial charge in [0.25, 0.3) is 5.91 Å². The fraction of sp³-hybridized carbons (Fsp3) is 0.286. The molecule has 0 unspecified atom stereocenters. The number of nitrogens with one attached hydrogen (secondary N) is 1. The van der Waals surface area contributed by atoms with Crippen molar-refractivity contribution in [1.82, 2.24) is 15.5 Å². The SMILES string of the molecule is CC(C)[C@H](NC(=O)[C@@H](C)Oc1ccc(Br)cc1)c1nc(-c2ccccc2)no1. The quantitative estimate of drug-likeness (QED) is 0.568. The first-order valence-corrected chi connectivity index (χ1v) is 9.85. The molecule has 0 saturated carbocycles. The van der Waals surface area contributed by atoms with Gasteiger partial charge in [-0.15, -0.1) is 0 Å². The molecule has 2 atom stereocenters. The summed E-state index contributed by atoms with van der Waals surface area (Å²) in [6.07, 6.45) is -0.668. The summed E-state index contributed by atoms with van der Waals surface area (Å²) < 4.78 is 12.1. The maximum Gasteiger partial charge on any atom is 0.261 e. The van der Waals surface area contributed by atoms with Crippen molar-refractivity contribution in [2.24, 2.45) is 5.92 Å². The topological polar surface area (TPSA) is 77.2 Å². The van der Waals surface area contributed by atoms with Gasteiger partial charge in [-0.05, 0) is 37.1 Å². The average molecular weight is 444 g/mol. The van der Waals surface area contributed by atoms with Crippen LogP contribution in [-0.2, 0) is 4.79 Å². The Morgan fingerprint density at radius 1 is 1.07 bits per heavy atom. The van der Waals surface area contributed by atoms with Gasteiger partial charge in [-0.2, -0.15) is 4.98 Å². The number of amides is 1. The lowest BCUT2D eigenvalue weighted by Gasteiger charge is -2.21. The predicted molar refractivity (Wildman–Crippen MR) is 110 cm³/mol. The summed E-state index contributed by atoms with van der Waals surface area (Å²) in [5.41, 5.74) is 0.860. The second-order valence-electron chi connectivity index (χ2n) is 6.77. The molecule has 28 heavy (non-hydrogen) atoms. The zero-order valence-electron chi connectivity index (χ0n) is 15.9. The molecule has 0 spiro atoms. The van der Waals surface area contributed by atoms with Crippen LogP contribution in [0.5, 0.6) is 5.75 Å². The Hall–Kier alpha value is -2.67. The molecule has 0 fully saturated rings. The number of hydrogen-bond donors (Lipinski definition) is 1. The van der Waals surface area contributed by atoms with Gasteiger partial charge in [-0.1, -0.05) is 65.3 Å². The Balaban J connectivity index is 1.69. The van der Waals surface area contributed by atoms with E-state index in [0.717, 1.165) is 10.0 Å². The van der Waals surface area contributed by atoms with Crippen LogP contribution in [0.15, 0.2) is 63.6 Å². The van der Waals surface area contributed by atoms with E-state index < -0.39 is 12.1 Å². The minimum Gasteiger partial charge on any atom is -0.481 e. The summed E-state index contributed by atoms with van der Waals surface area (Å²) in [5.74, 6) is 1.30. The third-order valence-electron chi connectivity index (χ3n) is 4.20. The van der Waals surface area contributed by atoms with Gasteiger partial charge in [-0.3, -0.25) is 4.79 Å². The van der Waals surface area contributed by atoms with E-state index in [1.165, 1.54) is 0 Å². The van der Waals surface area contributed by atoms with Crippen LogP contribution in [0.4, 0.5) is 0 Å². The lowest BCUT2D eigenvalue weighted by atomic mass is 10.0. The number of nitrogens with zero attached hydrogens (tertiary/aromatic N) is 2. The molecule has 3 rings (SSSR count). The Kier molecular flexibility index (Phi) is 6.46. The van der Waals surface area contributed by atoms with Crippen molar-refractivity contribution in [3.05, 3.63) is 65.0 Å². The molecule has 0 bridgehead atoms. The van der Waals surface area contributed by atoms with Crippen LogP contribution in [0.25, 0.3) is 11.4 Å². The number of halogens is 1. The number of carbonyl (C=O) groups excluding carboxylic acids is 1. The van der Waals surface area contributed by atoms with Gasteiger partial charge in [0.1, 0.15) is 11.8 Å². The van der Waals surface area contributed by atoms with Crippen molar-refractivity contribution >= 4 is 21.8 Å². The summed E-state index contributed by atoms with van der Waals surface area (Å²) in [4.78, 5) is 17.1. The first-order valence-electron chi connectivity index (χ1n) is 9.05. The molecule has 6 nitrogen and oxygen atoms in total. The van der Waals surface area contributed by atoms with Crippen molar-refractivity contribution in [2.75, 3.05) is 0 Å². The molecular formula is C21H22BrN3O3. The highest BCUT2D eigenvalue weighted by atomic mass is 79.9. The molecule has 0 aliphatic carbocycles. The first kappa shape index (κ1) is 20.1. The van der Waals surface area contributed by atoms with Gasteiger partial charge in [0, 0.05) is 10.0 Å². The van der Waals surface area contributed by atoms with Crippen LogP contribution in [0.2, 0.25) is 0 Å². The molecule has 1 amide bonds. The van der Waals surface area contributed by atoms with Crippen molar-refractivity contribution in [2.45, 2.75) is 32.9 Å². The van der Waals surface area contributed by atoms with Gasteiger partial charge in [-0.25, -0.2) is 0 Å². The lowest BCUT2D eigenvalue weighted by molar-refractivity contribution is -0.128. The Labute approximate surface area is 172 Å². The number of carbonyl (C=O) groups is 1. The molecular weight excluding hydrogens is 422 g/mol.